The van der Waals surface area contributed by atoms with Crippen LogP contribution in [0.2, 0.25) is 0 Å². The predicted octanol–water partition coefficient (Wildman–Crippen LogP) is 2.58. The molecule has 0 spiro atoms. The maximum absolute atomic E-state index is 4.90. The third-order valence-electron chi connectivity index (χ3n) is 0. The largest absolute Gasteiger partial charge is 0.618 e. The Labute approximate surface area is 62.2 Å². The van der Waals surface area contributed by atoms with E-state index >= 15 is 0 Å². The third-order valence-corrected chi connectivity index (χ3v) is 0. The second kappa shape index (κ2) is 10.1. The summed E-state index contributed by atoms with van der Waals surface area (Å²) >= 11 is -0.639. The van der Waals surface area contributed by atoms with Crippen LogP contribution in [-0.2, 0) is 0 Å². The molecule has 0 aliphatic heterocycles. The van der Waals surface area contributed by atoms with Gasteiger partial charge in [0.2, 0.25) is 0 Å². The predicted molar refractivity (Wildman–Crippen MR) is 37.9 cm³/mol. The Morgan fingerprint density at radius 3 is 1.43 bits per heavy atom. The molecular weight excluding hydrogens is 143 g/mol. The second-order valence-corrected chi connectivity index (χ2v) is 3.93. The van der Waals surface area contributed by atoms with Crippen LogP contribution in [0.4, 0.5) is 0 Å². The van der Waals surface area contributed by atoms with Gasteiger partial charge < -0.3 is 18.1 Å². The monoisotopic (exact) mass is 150 g/mol. The molecule has 0 bridgehead atoms. The first-order valence-electron chi connectivity index (χ1n) is 1.89. The van der Waals surface area contributed by atoms with Crippen molar-refractivity contribution in [3.05, 3.63) is 12.2 Å². The normalized spacial score (nSPS) is 5.14. The van der Waals surface area contributed by atoms with Crippen LogP contribution in [0.3, 0.4) is 0 Å². The molecule has 0 nitrogen and oxygen atoms in total. The van der Waals surface area contributed by atoms with Crippen LogP contribution < -0.4 is 0 Å². The lowest BCUT2D eigenvalue weighted by Gasteiger charge is -1.65. The summed E-state index contributed by atoms with van der Waals surface area (Å²) in [6.07, 6.45) is 0. The van der Waals surface area contributed by atoms with Crippen molar-refractivity contribution < 1.29 is 0 Å². The summed E-state index contributed by atoms with van der Waals surface area (Å²) in [6.45, 7) is 7.50. The Morgan fingerprint density at radius 1 is 1.43 bits per heavy atom. The first-order chi connectivity index (χ1) is 3.15. The molecule has 0 atom stereocenters. The van der Waals surface area contributed by atoms with Crippen molar-refractivity contribution in [2.75, 3.05) is 0 Å². The van der Waals surface area contributed by atoms with E-state index in [0.717, 1.165) is 0 Å². The lowest BCUT2D eigenvalue weighted by atomic mass is 10.4. The van der Waals surface area contributed by atoms with Gasteiger partial charge in [-0.3, -0.25) is 0 Å². The maximum atomic E-state index is 4.90. The van der Waals surface area contributed by atoms with Crippen LogP contribution in [0.15, 0.2) is 12.2 Å². The summed E-state index contributed by atoms with van der Waals surface area (Å²) in [5.74, 6) is 0. The number of rotatable bonds is 0. The van der Waals surface area contributed by atoms with Gasteiger partial charge in [0, 0.05) is 0 Å². The molecule has 0 N–H and O–H groups in total. The van der Waals surface area contributed by atoms with Crippen molar-refractivity contribution in [1.82, 2.24) is 0 Å². The molecule has 0 radical (unpaired) electrons. The van der Waals surface area contributed by atoms with Crippen LogP contribution in [0.5, 0.6) is 0 Å². The van der Waals surface area contributed by atoms with E-state index in [9.17, 15) is 0 Å². The van der Waals surface area contributed by atoms with Crippen LogP contribution >= 0.6 is 18.1 Å². The van der Waals surface area contributed by atoms with Gasteiger partial charge in [-0.1, -0.05) is 5.57 Å². The molecule has 0 heterocycles. The fourth-order valence-electron chi connectivity index (χ4n) is 0. The van der Waals surface area contributed by atoms with Gasteiger partial charge in [-0.25, -0.2) is 0 Å². The molecule has 7 heavy (non-hydrogen) atoms. The Morgan fingerprint density at radius 2 is 1.43 bits per heavy atom. The van der Waals surface area contributed by atoms with Gasteiger partial charge in [-0.05, 0) is 13.8 Å². The summed E-state index contributed by atoms with van der Waals surface area (Å²) in [7, 11) is 9.81. The molecule has 40 valence electrons. The zero-order valence-electron chi connectivity index (χ0n) is 4.67. The second-order valence-electron chi connectivity index (χ2n) is 1.31. The molecule has 0 saturated heterocycles. The van der Waals surface area contributed by atoms with E-state index in [1.807, 2.05) is 13.8 Å². The summed E-state index contributed by atoms with van der Waals surface area (Å²) in [6, 6.07) is 0. The summed E-state index contributed by atoms with van der Waals surface area (Å²) in [4.78, 5) is 0. The average Bonchev–Trinajstić information content (AvgIpc) is 1.33. The highest BCUT2D eigenvalue weighted by molar-refractivity contribution is 7.22. The molecule has 3 heteroatoms. The summed E-state index contributed by atoms with van der Waals surface area (Å²) in [5, 5.41) is 0. The quantitative estimate of drug-likeness (QED) is 0.369. The molecule has 0 fully saturated rings. The van der Waals surface area contributed by atoms with Gasteiger partial charge in [-0.15, -0.1) is 6.58 Å². The summed E-state index contributed by atoms with van der Waals surface area (Å²) in [5.41, 5.74) is 1.17. The van der Waals surface area contributed by atoms with Gasteiger partial charge in [0.05, 0.1) is 0 Å². The van der Waals surface area contributed by atoms with Gasteiger partial charge in [-0.2, -0.15) is 0 Å². The summed E-state index contributed by atoms with van der Waals surface area (Å²) < 4.78 is 0. The minimum absolute atomic E-state index is 0.639. The van der Waals surface area contributed by atoms with Crippen LogP contribution in [-0.4, -0.2) is 18.2 Å². The van der Waals surface area contributed by atoms with E-state index in [0.29, 0.717) is 0 Å². The fraction of sp³-hybridized carbons (Fsp3) is 0.500. The van der Waals surface area contributed by atoms with Crippen molar-refractivity contribution in [3.63, 3.8) is 0 Å². The minimum Gasteiger partial charge on any atom is -0.309 e. The fourth-order valence-corrected chi connectivity index (χ4v) is 0. The van der Waals surface area contributed by atoms with E-state index in [1.165, 1.54) is 5.57 Å². The van der Waals surface area contributed by atoms with Crippen molar-refractivity contribution >= 4 is 36.3 Å². The van der Waals surface area contributed by atoms with Crippen LogP contribution in [0, 0.1) is 0 Å². The maximum Gasteiger partial charge on any atom is 0.618 e. The van der Waals surface area contributed by atoms with Gasteiger partial charge in [0.15, 0.2) is 0 Å². The standard InChI is InChI=1S/C4H8.2ClH.Mg/c1-4(2)3;;;/h1H2,2-3H3;2*1H;/q;;;+2/p-2. The lowest BCUT2D eigenvalue weighted by Crippen LogP contribution is -1.43. The van der Waals surface area contributed by atoms with Crippen molar-refractivity contribution in [2.24, 2.45) is 0 Å². The van der Waals surface area contributed by atoms with E-state index in [2.05, 4.69) is 6.58 Å². The molecule has 0 aromatic rings. The number of halogens is 2. The number of allylic oxidation sites excluding steroid dienone is 1. The Kier molecular flexibility index (Phi) is 15.9. The average molecular weight is 151 g/mol. The number of hydrogen-bond donors (Lipinski definition) is 0. The zero-order valence-corrected chi connectivity index (χ0v) is 7.60. The van der Waals surface area contributed by atoms with Gasteiger partial charge in [0.25, 0.3) is 0 Å². The highest BCUT2D eigenvalue weighted by atomic mass is 35.6. The first-order valence-corrected chi connectivity index (χ1v) is 6.16. The minimum atomic E-state index is -0.639. The highest BCUT2D eigenvalue weighted by Gasteiger charge is 1.64. The molecule has 0 saturated carbocycles. The van der Waals surface area contributed by atoms with Crippen molar-refractivity contribution in [3.8, 4) is 0 Å². The molecule has 0 aromatic heterocycles. The molecule has 0 amide bonds. The zero-order chi connectivity index (χ0) is 6.28. The van der Waals surface area contributed by atoms with Crippen LogP contribution in [0.1, 0.15) is 13.8 Å². The Hall–Kier alpha value is 1.09. The SMILES string of the molecule is C=C(C)C.[Cl][Mg][Cl]. The van der Waals surface area contributed by atoms with E-state index in [1.54, 1.807) is 0 Å². The van der Waals surface area contributed by atoms with Gasteiger partial charge in [0.1, 0.15) is 0 Å². The van der Waals surface area contributed by atoms with Crippen molar-refractivity contribution in [2.45, 2.75) is 13.8 Å². The smallest absolute Gasteiger partial charge is 0.309 e. The number of hydrogen-bond acceptors (Lipinski definition) is 0. The first kappa shape index (κ1) is 11.0. The van der Waals surface area contributed by atoms with E-state index in [-0.39, 0.29) is 0 Å². The molecule has 0 rings (SSSR count). The highest BCUT2D eigenvalue weighted by Crippen LogP contribution is 1.73. The topological polar surface area (TPSA) is 0 Å². The van der Waals surface area contributed by atoms with Crippen LogP contribution in [0.25, 0.3) is 0 Å². The molecule has 0 unspecified atom stereocenters. The van der Waals surface area contributed by atoms with E-state index in [4.69, 9.17) is 18.1 Å². The van der Waals surface area contributed by atoms with Crippen molar-refractivity contribution in [1.29, 1.82) is 0 Å². The Balaban J connectivity index is 0. The molecule has 0 aromatic carbocycles. The molecule has 0 aliphatic rings. The molecule has 0 aliphatic carbocycles. The third kappa shape index (κ3) is 155. The molecular formula is C4H8Cl2Mg. The van der Waals surface area contributed by atoms with E-state index < -0.39 is 18.2 Å². The van der Waals surface area contributed by atoms with Gasteiger partial charge >= 0.3 is 18.2 Å². The Bertz CT molecular complexity index is 41.0. The lowest BCUT2D eigenvalue weighted by molar-refractivity contribution is 1.42.